The molecule has 17 heteroatoms. The molecule has 3 N–H and O–H groups in total. The lowest BCUT2D eigenvalue weighted by Crippen LogP contribution is -2.49. The molecule has 1 saturated carbocycles. The maximum atomic E-state index is 16.0. The first kappa shape index (κ1) is 36.5. The Morgan fingerprint density at radius 3 is 2.49 bits per heavy atom. The summed E-state index contributed by atoms with van der Waals surface area (Å²) in [6.45, 7) is 0.577. The zero-order valence-corrected chi connectivity index (χ0v) is 29.4. The second kappa shape index (κ2) is 14.0. The summed E-state index contributed by atoms with van der Waals surface area (Å²) in [4.78, 5) is 57.9. The number of halogens is 5. The van der Waals surface area contributed by atoms with Gasteiger partial charge in [0.15, 0.2) is 0 Å². The monoisotopic (exact) mass is 764 g/mol. The molecule has 5 heterocycles. The number of piperidine rings is 2. The molecule has 12 nitrogen and oxygen atoms in total. The minimum absolute atomic E-state index is 0.0779. The second-order valence-electron chi connectivity index (χ2n) is 14.8. The van der Waals surface area contributed by atoms with Gasteiger partial charge >= 0.3 is 11.9 Å². The van der Waals surface area contributed by atoms with Crippen LogP contribution in [0.2, 0.25) is 0 Å². The smallest absolute Gasteiger partial charge is 0.321 e. The average molecular weight is 765 g/mol. The molecule has 5 aromatic rings. The summed E-state index contributed by atoms with van der Waals surface area (Å²) < 4.78 is 74.3. The highest BCUT2D eigenvalue weighted by molar-refractivity contribution is 6.04. The Labute approximate surface area is 310 Å². The zero-order chi connectivity index (χ0) is 38.6. The van der Waals surface area contributed by atoms with E-state index in [1.165, 1.54) is 10.6 Å². The number of nitrogens with one attached hydrogen (secondary N) is 3. The number of hydrogen-bond acceptors (Lipinski definition) is 7. The number of imidazole rings is 1. The number of benzene rings is 2. The van der Waals surface area contributed by atoms with Crippen LogP contribution in [0.25, 0.3) is 21.9 Å². The predicted octanol–water partition coefficient (Wildman–Crippen LogP) is 6.18. The molecule has 0 radical (unpaired) electrons. The number of aromatic nitrogens is 5. The van der Waals surface area contributed by atoms with Crippen LogP contribution in [0.5, 0.6) is 0 Å². The van der Waals surface area contributed by atoms with Crippen molar-refractivity contribution in [2.45, 2.75) is 75.0 Å². The van der Waals surface area contributed by atoms with Crippen LogP contribution in [0.3, 0.4) is 0 Å². The fraction of sp³-hybridized carbons (Fsp3) is 0.421. The van der Waals surface area contributed by atoms with E-state index >= 15 is 8.78 Å². The largest absolute Gasteiger partial charge is 0.433 e. The van der Waals surface area contributed by atoms with Crippen LogP contribution in [0.4, 0.5) is 27.6 Å². The van der Waals surface area contributed by atoms with Crippen LogP contribution in [0, 0.1) is 5.92 Å². The summed E-state index contributed by atoms with van der Waals surface area (Å²) in [5.74, 6) is -5.75. The molecule has 3 aromatic heterocycles. The van der Waals surface area contributed by atoms with E-state index in [0.717, 1.165) is 43.2 Å². The Balaban J connectivity index is 0.878. The third-order valence-electron chi connectivity index (χ3n) is 11.1. The number of para-hydroxylation sites is 1. The van der Waals surface area contributed by atoms with Gasteiger partial charge in [-0.2, -0.15) is 18.3 Å². The summed E-state index contributed by atoms with van der Waals surface area (Å²) in [5.41, 5.74) is -0.0419. The van der Waals surface area contributed by atoms with Crippen molar-refractivity contribution in [1.82, 2.24) is 34.5 Å². The molecule has 2 aromatic carbocycles. The van der Waals surface area contributed by atoms with Gasteiger partial charge in [-0.15, -0.1) is 0 Å². The number of anilines is 1. The molecular formula is C38H37F5N8O4. The van der Waals surface area contributed by atoms with Gasteiger partial charge in [0.2, 0.25) is 11.8 Å². The first-order chi connectivity index (χ1) is 26.2. The number of fused-ring (bicyclic) bond motifs is 2. The number of H-pyrrole nitrogens is 1. The Hall–Kier alpha value is -5.45. The maximum Gasteiger partial charge on any atom is 0.433 e. The van der Waals surface area contributed by atoms with Crippen molar-refractivity contribution in [3.05, 3.63) is 88.2 Å². The highest BCUT2D eigenvalue weighted by Gasteiger charge is 2.47. The number of nitrogens with zero attached hydrogens (tertiary/aromatic N) is 5. The van der Waals surface area contributed by atoms with Gasteiger partial charge in [0.1, 0.15) is 17.4 Å². The number of likely N-dealkylation sites (tertiary alicyclic amines) is 1. The molecule has 2 saturated heterocycles. The van der Waals surface area contributed by atoms with E-state index < -0.39 is 59.7 Å². The van der Waals surface area contributed by atoms with Gasteiger partial charge in [-0.25, -0.2) is 18.6 Å². The van der Waals surface area contributed by atoms with Crippen molar-refractivity contribution in [2.75, 3.05) is 25.0 Å². The van der Waals surface area contributed by atoms with E-state index in [1.807, 2.05) is 15.8 Å². The summed E-state index contributed by atoms with van der Waals surface area (Å²) in [6.07, 6.45) is 0.865. The molecule has 0 spiro atoms. The molecule has 3 aliphatic rings. The molecular weight excluding hydrogens is 727 g/mol. The number of alkyl halides is 5. The average Bonchev–Trinajstić information content (AvgIpc) is 3.72. The zero-order valence-electron chi connectivity index (χ0n) is 29.4. The van der Waals surface area contributed by atoms with Gasteiger partial charge in [0.05, 0.1) is 35.1 Å². The molecule has 3 amide bonds. The topological polar surface area (TPSA) is 147 Å². The molecule has 55 heavy (non-hydrogen) atoms. The first-order valence-electron chi connectivity index (χ1n) is 18.2. The molecule has 1 aliphatic carbocycles. The Kier molecular flexibility index (Phi) is 9.30. The number of aromatic amines is 1. The number of hydrogen-bond donors (Lipinski definition) is 3. The third-order valence-corrected chi connectivity index (χ3v) is 11.1. The second-order valence-corrected chi connectivity index (χ2v) is 14.8. The van der Waals surface area contributed by atoms with Gasteiger partial charge in [0.25, 0.3) is 11.8 Å². The van der Waals surface area contributed by atoms with Crippen molar-refractivity contribution < 1.29 is 36.3 Å². The summed E-state index contributed by atoms with van der Waals surface area (Å²) >= 11 is 0. The van der Waals surface area contributed by atoms with Crippen LogP contribution < -0.4 is 16.3 Å². The number of carbonyl (C=O) groups excluding carboxylic acids is 3. The van der Waals surface area contributed by atoms with E-state index in [9.17, 15) is 32.3 Å². The van der Waals surface area contributed by atoms with Crippen molar-refractivity contribution in [3.63, 3.8) is 0 Å². The summed E-state index contributed by atoms with van der Waals surface area (Å²) in [6, 6.07) is 12.2. The molecule has 2 atom stereocenters. The van der Waals surface area contributed by atoms with Crippen molar-refractivity contribution in [1.29, 1.82) is 0 Å². The van der Waals surface area contributed by atoms with Crippen molar-refractivity contribution in [2.24, 2.45) is 5.92 Å². The SMILES string of the molecule is O=C1CCC(n2c(=O)[nH]c3c(C4CCN(CC5CCC(n6cc7cc(NC(=O)c8cccc(C(F)(F)F)n8)ccc7n6)CC5)CC4(F)F)cccc32)C(=O)N1. The van der Waals surface area contributed by atoms with Crippen LogP contribution in [0.15, 0.2) is 65.6 Å². The molecule has 2 aliphatic heterocycles. The highest BCUT2D eigenvalue weighted by atomic mass is 19.4. The van der Waals surface area contributed by atoms with Gasteiger partial charge in [-0.3, -0.25) is 33.8 Å². The number of carbonyl (C=O) groups is 3. The first-order valence-corrected chi connectivity index (χ1v) is 18.2. The minimum Gasteiger partial charge on any atom is -0.321 e. The lowest BCUT2D eigenvalue weighted by Gasteiger charge is -2.41. The van der Waals surface area contributed by atoms with Crippen molar-refractivity contribution in [3.8, 4) is 0 Å². The van der Waals surface area contributed by atoms with Crippen LogP contribution >= 0.6 is 0 Å². The number of pyridine rings is 1. The lowest BCUT2D eigenvalue weighted by molar-refractivity contribution is -0.141. The summed E-state index contributed by atoms with van der Waals surface area (Å²) in [7, 11) is 0. The van der Waals surface area contributed by atoms with E-state index in [4.69, 9.17) is 5.10 Å². The number of imide groups is 1. The van der Waals surface area contributed by atoms with Crippen molar-refractivity contribution >= 4 is 45.3 Å². The van der Waals surface area contributed by atoms with Gasteiger partial charge in [0, 0.05) is 30.2 Å². The normalized spacial score (nSPS) is 23.6. The van der Waals surface area contributed by atoms with Gasteiger partial charge in [-0.05, 0) is 92.9 Å². The summed E-state index contributed by atoms with van der Waals surface area (Å²) in [5, 5.41) is 10.3. The Morgan fingerprint density at radius 2 is 1.75 bits per heavy atom. The fourth-order valence-corrected chi connectivity index (χ4v) is 8.43. The Bertz CT molecular complexity index is 2360. The van der Waals surface area contributed by atoms with E-state index in [1.54, 1.807) is 36.4 Å². The maximum absolute atomic E-state index is 16.0. The number of rotatable bonds is 7. The molecule has 288 valence electrons. The number of amides is 3. The van der Waals surface area contributed by atoms with E-state index in [0.29, 0.717) is 35.4 Å². The van der Waals surface area contributed by atoms with Crippen LogP contribution in [-0.2, 0) is 15.8 Å². The lowest BCUT2D eigenvalue weighted by atomic mass is 9.83. The van der Waals surface area contributed by atoms with Gasteiger partial charge < -0.3 is 10.3 Å². The van der Waals surface area contributed by atoms with Crippen LogP contribution in [0.1, 0.15) is 84.7 Å². The molecule has 8 rings (SSSR count). The quantitative estimate of drug-likeness (QED) is 0.133. The molecule has 3 fully saturated rings. The molecule has 2 unspecified atom stereocenters. The van der Waals surface area contributed by atoms with E-state index in [-0.39, 0.29) is 42.4 Å². The third kappa shape index (κ3) is 7.24. The highest BCUT2D eigenvalue weighted by Crippen LogP contribution is 2.43. The van der Waals surface area contributed by atoms with Gasteiger partial charge in [-0.1, -0.05) is 18.2 Å². The predicted molar refractivity (Wildman–Crippen MR) is 191 cm³/mol. The Morgan fingerprint density at radius 1 is 0.964 bits per heavy atom. The fourth-order valence-electron chi connectivity index (χ4n) is 8.43. The standard InChI is InChI=1S/C38H37F5N8O4/c39-37(40)20-49(16-15-26(37)25-3-1-5-29-33(25)47-36(55)51(29)30-13-14-32(52)46-35(30)54)18-21-7-10-24(11-8-21)50-19-22-17-23(9-12-27(22)48-50)44-34(53)28-4-2-6-31(45-28)38(41,42)43/h1-6,9,12,17,19,21,24,26,30H,7-8,10-11,13-16,18,20H2,(H,44,53)(H,47,55)(H,46,52,54). The minimum atomic E-state index is -4.67. The van der Waals surface area contributed by atoms with E-state index in [2.05, 4.69) is 20.6 Å². The van der Waals surface area contributed by atoms with Crippen LogP contribution in [-0.4, -0.2) is 72.5 Å². The molecule has 0 bridgehead atoms.